The van der Waals surface area contributed by atoms with Crippen LogP contribution in [0.25, 0.3) is 10.9 Å². The number of hydrogen-bond donors (Lipinski definition) is 2. The third kappa shape index (κ3) is 4.51. The Balaban J connectivity index is 1.61. The van der Waals surface area contributed by atoms with Gasteiger partial charge in [-0.1, -0.05) is 0 Å². The molecule has 0 saturated carbocycles. The molecule has 0 saturated heterocycles. The van der Waals surface area contributed by atoms with Gasteiger partial charge in [0.15, 0.2) is 22.1 Å². The highest BCUT2D eigenvalue weighted by Gasteiger charge is 2.12. The van der Waals surface area contributed by atoms with Gasteiger partial charge in [0.25, 0.3) is 5.56 Å². The van der Waals surface area contributed by atoms with Gasteiger partial charge >= 0.3 is 0 Å². The molecule has 160 valence electrons. The first-order chi connectivity index (χ1) is 14.5. The number of aromatic amines is 1. The first-order valence-electron chi connectivity index (χ1n) is 9.50. The van der Waals surface area contributed by atoms with Gasteiger partial charge in [0.05, 0.1) is 38.0 Å². The third-order valence-electron chi connectivity index (χ3n) is 4.73. The summed E-state index contributed by atoms with van der Waals surface area (Å²) in [6, 6.07) is 3.28. The molecule has 10 nitrogen and oxygen atoms in total. The van der Waals surface area contributed by atoms with Crippen LogP contribution in [0.15, 0.2) is 23.3 Å². The fraction of sp³-hybridized carbons (Fsp3) is 0.421. The summed E-state index contributed by atoms with van der Waals surface area (Å²) in [4.78, 5) is 29.2. The summed E-state index contributed by atoms with van der Waals surface area (Å²) in [5, 5.41) is 10.1. The van der Waals surface area contributed by atoms with Crippen LogP contribution in [0.1, 0.15) is 25.6 Å². The molecule has 3 aromatic rings. The highest BCUT2D eigenvalue weighted by molar-refractivity contribution is 7.71. The van der Waals surface area contributed by atoms with E-state index in [1.165, 1.54) is 25.1 Å². The maximum atomic E-state index is 12.8. The number of carbonyl (C=O) groups is 1. The van der Waals surface area contributed by atoms with E-state index in [4.69, 9.17) is 21.7 Å². The fourth-order valence-electron chi connectivity index (χ4n) is 3.13. The number of ether oxygens (including phenoxy) is 2. The molecule has 0 aliphatic carbocycles. The molecule has 2 heterocycles. The van der Waals surface area contributed by atoms with E-state index in [2.05, 4.69) is 20.5 Å². The Kier molecular flexibility index (Phi) is 6.83. The Labute approximate surface area is 177 Å². The van der Waals surface area contributed by atoms with Gasteiger partial charge in [-0.2, -0.15) is 5.10 Å². The Hall–Kier alpha value is -3.21. The average Bonchev–Trinajstić information content (AvgIpc) is 3.12. The first kappa shape index (κ1) is 21.5. The van der Waals surface area contributed by atoms with E-state index in [1.807, 2.05) is 11.5 Å². The van der Waals surface area contributed by atoms with Crippen molar-refractivity contribution in [1.29, 1.82) is 0 Å². The summed E-state index contributed by atoms with van der Waals surface area (Å²) >= 11 is 5.13. The minimum Gasteiger partial charge on any atom is -0.493 e. The van der Waals surface area contributed by atoms with Gasteiger partial charge < -0.3 is 19.4 Å². The van der Waals surface area contributed by atoms with E-state index < -0.39 is 0 Å². The zero-order valence-electron chi connectivity index (χ0n) is 17.1. The van der Waals surface area contributed by atoms with Gasteiger partial charge in [0.1, 0.15) is 0 Å². The molecule has 1 aromatic carbocycles. The number of aromatic nitrogens is 5. The van der Waals surface area contributed by atoms with Crippen LogP contribution in [-0.2, 0) is 24.4 Å². The van der Waals surface area contributed by atoms with Crippen molar-refractivity contribution < 1.29 is 14.3 Å². The van der Waals surface area contributed by atoms with Crippen LogP contribution < -0.4 is 20.3 Å². The van der Waals surface area contributed by atoms with Crippen LogP contribution in [0.5, 0.6) is 11.5 Å². The maximum absolute atomic E-state index is 12.8. The number of hydrogen-bond acceptors (Lipinski definition) is 7. The molecule has 11 heteroatoms. The second kappa shape index (κ2) is 9.53. The molecule has 0 aliphatic heterocycles. The van der Waals surface area contributed by atoms with Crippen LogP contribution in [0, 0.1) is 4.77 Å². The van der Waals surface area contributed by atoms with Crippen molar-refractivity contribution in [2.75, 3.05) is 14.2 Å². The topological polar surface area (TPSA) is 116 Å². The standard InChI is InChI=1S/C19H24N6O4S/c1-4-25-16(22-23-19(25)30)10-20-17(26)6-5-7-24-11-21-13-9-15(29-3)14(28-2)8-12(13)18(24)27/h8-9,11H,4-7,10H2,1-3H3,(H,20,26)(H,23,30). The second-order valence-electron chi connectivity index (χ2n) is 6.54. The highest BCUT2D eigenvalue weighted by Crippen LogP contribution is 2.29. The number of rotatable bonds is 9. The maximum Gasteiger partial charge on any atom is 0.261 e. The van der Waals surface area contributed by atoms with E-state index in [-0.39, 0.29) is 17.9 Å². The number of nitrogens with zero attached hydrogens (tertiary/aromatic N) is 4. The zero-order valence-corrected chi connectivity index (χ0v) is 17.9. The average molecular weight is 433 g/mol. The Morgan fingerprint density at radius 3 is 2.70 bits per heavy atom. The molecular weight excluding hydrogens is 408 g/mol. The lowest BCUT2D eigenvalue weighted by Gasteiger charge is -2.10. The monoisotopic (exact) mass is 432 g/mol. The number of aryl methyl sites for hydroxylation is 1. The second-order valence-corrected chi connectivity index (χ2v) is 6.92. The van der Waals surface area contributed by atoms with Gasteiger partial charge in [-0.25, -0.2) is 4.98 Å². The summed E-state index contributed by atoms with van der Waals surface area (Å²) in [6.45, 7) is 3.29. The van der Waals surface area contributed by atoms with E-state index in [0.29, 0.717) is 59.1 Å². The molecule has 0 bridgehead atoms. The van der Waals surface area contributed by atoms with Crippen molar-refractivity contribution in [3.05, 3.63) is 39.4 Å². The number of methoxy groups -OCH3 is 2. The van der Waals surface area contributed by atoms with E-state index in [9.17, 15) is 9.59 Å². The van der Waals surface area contributed by atoms with Crippen LogP contribution in [-0.4, -0.2) is 44.4 Å². The molecule has 0 unspecified atom stereocenters. The lowest BCUT2D eigenvalue weighted by atomic mass is 10.2. The van der Waals surface area contributed by atoms with Gasteiger partial charge in [-0.3, -0.25) is 19.3 Å². The molecule has 1 amide bonds. The Morgan fingerprint density at radius 1 is 1.27 bits per heavy atom. The van der Waals surface area contributed by atoms with E-state index in [1.54, 1.807) is 12.1 Å². The largest absolute Gasteiger partial charge is 0.493 e. The van der Waals surface area contributed by atoms with Crippen LogP contribution in [0.3, 0.4) is 0 Å². The summed E-state index contributed by atoms with van der Waals surface area (Å²) < 4.78 is 14.3. The number of benzene rings is 1. The third-order valence-corrected chi connectivity index (χ3v) is 5.04. The van der Waals surface area contributed by atoms with E-state index in [0.717, 1.165) is 0 Å². The van der Waals surface area contributed by atoms with Crippen molar-refractivity contribution in [2.45, 2.75) is 39.4 Å². The molecule has 3 rings (SSSR count). The van der Waals surface area contributed by atoms with Gasteiger partial charge in [0.2, 0.25) is 5.91 Å². The summed E-state index contributed by atoms with van der Waals surface area (Å²) in [5.41, 5.74) is 0.329. The molecule has 0 atom stereocenters. The number of fused-ring (bicyclic) bond motifs is 1. The minimum absolute atomic E-state index is 0.125. The predicted molar refractivity (Wildman–Crippen MR) is 113 cm³/mol. The summed E-state index contributed by atoms with van der Waals surface area (Å²) in [7, 11) is 3.04. The van der Waals surface area contributed by atoms with Crippen LogP contribution >= 0.6 is 12.2 Å². The summed E-state index contributed by atoms with van der Waals surface area (Å²) in [5.74, 6) is 1.52. The van der Waals surface area contributed by atoms with Gasteiger partial charge in [-0.15, -0.1) is 0 Å². The molecule has 0 radical (unpaired) electrons. The number of amides is 1. The van der Waals surface area contributed by atoms with Crippen molar-refractivity contribution in [3.8, 4) is 11.5 Å². The van der Waals surface area contributed by atoms with Crippen molar-refractivity contribution in [1.82, 2.24) is 29.6 Å². The normalized spacial score (nSPS) is 10.9. The van der Waals surface area contributed by atoms with Crippen LogP contribution in [0.4, 0.5) is 0 Å². The first-order valence-corrected chi connectivity index (χ1v) is 9.91. The Bertz CT molecular complexity index is 1170. The molecule has 2 aromatic heterocycles. The predicted octanol–water partition coefficient (Wildman–Crippen LogP) is 1.78. The molecule has 0 spiro atoms. The van der Waals surface area contributed by atoms with Crippen molar-refractivity contribution in [3.63, 3.8) is 0 Å². The lowest BCUT2D eigenvalue weighted by Crippen LogP contribution is -2.26. The van der Waals surface area contributed by atoms with Crippen molar-refractivity contribution in [2.24, 2.45) is 0 Å². The minimum atomic E-state index is -0.195. The molecule has 30 heavy (non-hydrogen) atoms. The quantitative estimate of drug-likeness (QED) is 0.495. The van der Waals surface area contributed by atoms with E-state index >= 15 is 0 Å². The fourth-order valence-corrected chi connectivity index (χ4v) is 3.41. The molecule has 0 fully saturated rings. The molecule has 2 N–H and O–H groups in total. The van der Waals surface area contributed by atoms with Crippen molar-refractivity contribution >= 4 is 29.0 Å². The molecule has 0 aliphatic rings. The van der Waals surface area contributed by atoms with Crippen LogP contribution in [0.2, 0.25) is 0 Å². The number of H-pyrrole nitrogens is 1. The molecular formula is C19H24N6O4S. The highest BCUT2D eigenvalue weighted by atomic mass is 32.1. The number of nitrogens with one attached hydrogen (secondary N) is 2. The van der Waals surface area contributed by atoms with Gasteiger partial charge in [0, 0.05) is 25.6 Å². The summed E-state index contributed by atoms with van der Waals surface area (Å²) in [6.07, 6.45) is 2.24. The number of carbonyl (C=O) groups excluding carboxylic acids is 1. The smallest absolute Gasteiger partial charge is 0.261 e. The van der Waals surface area contributed by atoms with Gasteiger partial charge in [-0.05, 0) is 31.6 Å². The zero-order chi connectivity index (χ0) is 21.7. The lowest BCUT2D eigenvalue weighted by molar-refractivity contribution is -0.121. The SMILES string of the molecule is CCn1c(CNC(=O)CCCn2cnc3cc(OC)c(OC)cc3c2=O)n[nH]c1=S. The Morgan fingerprint density at radius 2 is 2.00 bits per heavy atom.